The third-order valence-corrected chi connectivity index (χ3v) is 2.14. The van der Waals surface area contributed by atoms with Crippen LogP contribution in [0.3, 0.4) is 0 Å². The van der Waals surface area contributed by atoms with Gasteiger partial charge in [-0.3, -0.25) is 9.59 Å². The van der Waals surface area contributed by atoms with E-state index >= 15 is 0 Å². The first-order chi connectivity index (χ1) is 8.70. The van der Waals surface area contributed by atoms with Crippen LogP contribution in [0.4, 0.5) is 0 Å². The third-order valence-electron chi connectivity index (χ3n) is 2.14. The van der Waals surface area contributed by atoms with E-state index in [1.807, 2.05) is 0 Å². The van der Waals surface area contributed by atoms with Gasteiger partial charge in [0, 0.05) is 38.9 Å². The van der Waals surface area contributed by atoms with Crippen molar-refractivity contribution >= 4 is 11.9 Å². The van der Waals surface area contributed by atoms with Gasteiger partial charge in [-0.25, -0.2) is 0 Å². The maximum Gasteiger partial charge on any atom is 0.305 e. The highest BCUT2D eigenvalue weighted by Gasteiger charge is 2.05. The minimum Gasteiger partial charge on any atom is -0.466 e. The molecule has 106 valence electrons. The molecule has 0 heterocycles. The molecule has 0 aliphatic carbocycles. The molecule has 0 saturated carbocycles. The molecule has 0 spiro atoms. The van der Waals surface area contributed by atoms with Crippen molar-refractivity contribution < 1.29 is 29.3 Å². The summed E-state index contributed by atoms with van der Waals surface area (Å²) in [5.41, 5.74) is 0. The molecule has 6 nitrogen and oxygen atoms in total. The number of esters is 2. The van der Waals surface area contributed by atoms with Crippen molar-refractivity contribution in [3.8, 4) is 0 Å². The highest BCUT2D eigenvalue weighted by atomic mass is 16.5. The molecule has 0 saturated heterocycles. The summed E-state index contributed by atoms with van der Waals surface area (Å²) in [5.74, 6) is -0.616. The Hall–Kier alpha value is -1.14. The molecule has 0 atom stereocenters. The van der Waals surface area contributed by atoms with Gasteiger partial charge in [-0.1, -0.05) is 0 Å². The number of carbonyl (C=O) groups excluding carboxylic acids is 2. The first-order valence-corrected chi connectivity index (χ1v) is 6.23. The number of carbonyl (C=O) groups is 2. The summed E-state index contributed by atoms with van der Waals surface area (Å²) < 4.78 is 9.65. The van der Waals surface area contributed by atoms with E-state index in [4.69, 9.17) is 19.7 Å². The Morgan fingerprint density at radius 2 is 1.11 bits per heavy atom. The number of aliphatic hydroxyl groups excluding tert-OH is 2. The van der Waals surface area contributed by atoms with Crippen molar-refractivity contribution in [3.05, 3.63) is 0 Å². The van der Waals surface area contributed by atoms with E-state index in [0.717, 1.165) is 0 Å². The second-order valence-electron chi connectivity index (χ2n) is 3.80. The van der Waals surface area contributed by atoms with Gasteiger partial charge in [0.1, 0.15) is 0 Å². The number of ether oxygens (including phenoxy) is 2. The summed E-state index contributed by atoms with van der Waals surface area (Å²) in [7, 11) is 0. The Labute approximate surface area is 107 Å². The Kier molecular flexibility index (Phi) is 11.5. The number of rotatable bonds is 11. The topological polar surface area (TPSA) is 93.1 Å². The first kappa shape index (κ1) is 16.9. The smallest absolute Gasteiger partial charge is 0.305 e. The molecule has 0 unspecified atom stereocenters. The van der Waals surface area contributed by atoms with Gasteiger partial charge in [0.15, 0.2) is 0 Å². The quantitative estimate of drug-likeness (QED) is 0.413. The molecule has 0 aromatic carbocycles. The lowest BCUT2D eigenvalue weighted by Gasteiger charge is -2.04. The molecule has 0 aromatic rings. The Morgan fingerprint density at radius 1 is 0.722 bits per heavy atom. The Morgan fingerprint density at radius 3 is 1.44 bits per heavy atom. The molecule has 0 amide bonds. The van der Waals surface area contributed by atoms with Crippen molar-refractivity contribution in [3.63, 3.8) is 0 Å². The summed E-state index contributed by atoms with van der Waals surface area (Å²) in [6.07, 6.45) is 2.59. The highest BCUT2D eigenvalue weighted by molar-refractivity contribution is 5.70. The maximum absolute atomic E-state index is 11.1. The van der Waals surface area contributed by atoms with Crippen LogP contribution in [0.15, 0.2) is 0 Å². The van der Waals surface area contributed by atoms with Crippen molar-refractivity contribution in [1.29, 1.82) is 0 Å². The van der Waals surface area contributed by atoms with Crippen LogP contribution < -0.4 is 0 Å². The van der Waals surface area contributed by atoms with Gasteiger partial charge in [-0.15, -0.1) is 0 Å². The Bertz CT molecular complexity index is 205. The predicted molar refractivity (Wildman–Crippen MR) is 63.8 cm³/mol. The van der Waals surface area contributed by atoms with Crippen LogP contribution in [0.2, 0.25) is 0 Å². The molecular weight excluding hydrogens is 240 g/mol. The minimum atomic E-state index is -0.308. The predicted octanol–water partition coefficient (Wildman–Crippen LogP) is 0.398. The standard InChI is InChI=1S/C12H22O6/c13-7-3-9-17-11(15)5-1-2-6-12(16)18-10-4-8-14/h13-14H,1-10H2. The van der Waals surface area contributed by atoms with Crippen LogP contribution >= 0.6 is 0 Å². The molecule has 2 N–H and O–H groups in total. The lowest BCUT2D eigenvalue weighted by atomic mass is 10.2. The van der Waals surface area contributed by atoms with Crippen molar-refractivity contribution in [2.45, 2.75) is 38.5 Å². The summed E-state index contributed by atoms with van der Waals surface area (Å²) in [6, 6.07) is 0. The molecule has 18 heavy (non-hydrogen) atoms. The fraction of sp³-hybridized carbons (Fsp3) is 0.833. The van der Waals surface area contributed by atoms with E-state index in [-0.39, 0.29) is 51.2 Å². The van der Waals surface area contributed by atoms with Crippen molar-refractivity contribution in [2.24, 2.45) is 0 Å². The average molecular weight is 262 g/mol. The molecule has 6 heteroatoms. The molecule has 0 rings (SSSR count). The summed E-state index contributed by atoms with van der Waals surface area (Å²) in [5, 5.41) is 17.0. The molecule has 0 bridgehead atoms. The second kappa shape index (κ2) is 12.3. The van der Waals surface area contributed by atoms with Gasteiger partial charge in [-0.05, 0) is 12.8 Å². The molecule has 0 aliphatic rings. The number of hydrogen-bond acceptors (Lipinski definition) is 6. The lowest BCUT2D eigenvalue weighted by molar-refractivity contribution is -0.146. The van der Waals surface area contributed by atoms with E-state index in [9.17, 15) is 9.59 Å². The third kappa shape index (κ3) is 11.3. The zero-order valence-electron chi connectivity index (χ0n) is 10.6. The van der Waals surface area contributed by atoms with Crippen LogP contribution in [0, 0.1) is 0 Å². The van der Waals surface area contributed by atoms with Crippen LogP contribution in [-0.2, 0) is 19.1 Å². The summed E-state index contributed by atoms with van der Waals surface area (Å²) in [4.78, 5) is 22.3. The van der Waals surface area contributed by atoms with Crippen LogP contribution in [0.5, 0.6) is 0 Å². The van der Waals surface area contributed by atoms with Crippen LogP contribution in [0.1, 0.15) is 38.5 Å². The van der Waals surface area contributed by atoms with Gasteiger partial charge in [0.25, 0.3) is 0 Å². The van der Waals surface area contributed by atoms with Gasteiger partial charge in [0.05, 0.1) is 13.2 Å². The SMILES string of the molecule is O=C(CCCCC(=O)OCCCO)OCCCO. The zero-order chi connectivity index (χ0) is 13.6. The van der Waals surface area contributed by atoms with E-state index < -0.39 is 0 Å². The maximum atomic E-state index is 11.1. The molecular formula is C12H22O6. The average Bonchev–Trinajstić information content (AvgIpc) is 2.35. The minimum absolute atomic E-state index is 0.00691. The van der Waals surface area contributed by atoms with Gasteiger partial charge >= 0.3 is 11.9 Å². The number of hydrogen-bond donors (Lipinski definition) is 2. The zero-order valence-corrected chi connectivity index (χ0v) is 10.6. The largest absolute Gasteiger partial charge is 0.466 e. The summed E-state index contributed by atoms with van der Waals surface area (Å²) in [6.45, 7) is 0.483. The number of aliphatic hydroxyl groups is 2. The van der Waals surface area contributed by atoms with Gasteiger partial charge < -0.3 is 19.7 Å². The monoisotopic (exact) mass is 262 g/mol. The fourth-order valence-electron chi connectivity index (χ4n) is 1.18. The summed E-state index contributed by atoms with van der Waals surface area (Å²) >= 11 is 0. The van der Waals surface area contributed by atoms with Crippen LogP contribution in [-0.4, -0.2) is 48.6 Å². The second-order valence-corrected chi connectivity index (χ2v) is 3.80. The van der Waals surface area contributed by atoms with Gasteiger partial charge in [0.2, 0.25) is 0 Å². The Balaban J connectivity index is 3.32. The van der Waals surface area contributed by atoms with E-state index in [2.05, 4.69) is 0 Å². The normalized spacial score (nSPS) is 10.1. The molecule has 0 fully saturated rings. The molecule has 0 aromatic heterocycles. The highest BCUT2D eigenvalue weighted by Crippen LogP contribution is 2.03. The van der Waals surface area contributed by atoms with E-state index in [1.54, 1.807) is 0 Å². The van der Waals surface area contributed by atoms with Gasteiger partial charge in [-0.2, -0.15) is 0 Å². The molecule has 0 radical (unpaired) electrons. The van der Waals surface area contributed by atoms with E-state index in [0.29, 0.717) is 25.7 Å². The van der Waals surface area contributed by atoms with Crippen molar-refractivity contribution in [1.82, 2.24) is 0 Å². The lowest BCUT2D eigenvalue weighted by Crippen LogP contribution is -2.08. The van der Waals surface area contributed by atoms with E-state index in [1.165, 1.54) is 0 Å². The fourth-order valence-corrected chi connectivity index (χ4v) is 1.18. The van der Waals surface area contributed by atoms with Crippen molar-refractivity contribution in [2.75, 3.05) is 26.4 Å². The van der Waals surface area contributed by atoms with Crippen LogP contribution in [0.25, 0.3) is 0 Å². The number of unbranched alkanes of at least 4 members (excludes halogenated alkanes) is 1. The molecule has 0 aliphatic heterocycles. The first-order valence-electron chi connectivity index (χ1n) is 6.23.